The summed E-state index contributed by atoms with van der Waals surface area (Å²) in [5.41, 5.74) is 1.32. The highest BCUT2D eigenvalue weighted by molar-refractivity contribution is 7.89. The molecule has 2 N–H and O–H groups in total. The predicted molar refractivity (Wildman–Crippen MR) is 108 cm³/mol. The quantitative estimate of drug-likeness (QED) is 0.569. The molecule has 1 aliphatic heterocycles. The third kappa shape index (κ3) is 4.55. The molecule has 8 nitrogen and oxygen atoms in total. The van der Waals surface area contributed by atoms with Crippen molar-refractivity contribution in [2.75, 3.05) is 31.1 Å². The summed E-state index contributed by atoms with van der Waals surface area (Å²) in [5, 5.41) is 13.4. The number of carbonyl (C=O) groups is 1. The van der Waals surface area contributed by atoms with Crippen LogP contribution >= 0.6 is 11.6 Å². The maximum absolute atomic E-state index is 12.3. The van der Waals surface area contributed by atoms with Crippen molar-refractivity contribution in [2.45, 2.75) is 4.90 Å². The SMILES string of the molecule is O=C(O)N1CCN(c2cccc(Cl)c2C=NNS(=O)(=O)c2ccccc2)CC1. The van der Waals surface area contributed by atoms with Crippen LogP contribution in [-0.2, 0) is 10.0 Å². The summed E-state index contributed by atoms with van der Waals surface area (Å²) in [6, 6.07) is 13.2. The van der Waals surface area contributed by atoms with E-state index in [9.17, 15) is 13.2 Å². The summed E-state index contributed by atoms with van der Waals surface area (Å²) in [4.78, 5) is 16.7. The van der Waals surface area contributed by atoms with Crippen molar-refractivity contribution < 1.29 is 18.3 Å². The van der Waals surface area contributed by atoms with E-state index in [1.54, 1.807) is 30.3 Å². The molecule has 0 atom stereocenters. The Bertz CT molecular complexity index is 974. The maximum atomic E-state index is 12.3. The average Bonchev–Trinajstić information content (AvgIpc) is 2.70. The lowest BCUT2D eigenvalue weighted by Gasteiger charge is -2.35. The predicted octanol–water partition coefficient (Wildman–Crippen LogP) is 2.45. The number of hydrogen-bond acceptors (Lipinski definition) is 5. The minimum absolute atomic E-state index is 0.108. The highest BCUT2D eigenvalue weighted by Gasteiger charge is 2.22. The summed E-state index contributed by atoms with van der Waals surface area (Å²) >= 11 is 6.30. The van der Waals surface area contributed by atoms with Crippen LogP contribution in [0.2, 0.25) is 5.02 Å². The second kappa shape index (κ2) is 8.49. The fourth-order valence-corrected chi connectivity index (χ4v) is 3.91. The van der Waals surface area contributed by atoms with Gasteiger partial charge in [0.2, 0.25) is 0 Å². The van der Waals surface area contributed by atoms with Crippen LogP contribution < -0.4 is 9.73 Å². The van der Waals surface area contributed by atoms with Crippen molar-refractivity contribution in [3.8, 4) is 0 Å². The van der Waals surface area contributed by atoms with E-state index < -0.39 is 16.1 Å². The number of sulfonamides is 1. The molecule has 1 aliphatic rings. The molecule has 2 aromatic rings. The first-order valence-corrected chi connectivity index (χ1v) is 10.4. The standard InChI is InChI=1S/C18H19ClN4O4S/c19-16-7-4-8-17(22-9-11-23(12-10-22)18(24)25)15(16)13-20-21-28(26,27)14-5-2-1-3-6-14/h1-8,13,21H,9-12H2,(H,24,25). The molecule has 0 radical (unpaired) electrons. The van der Waals surface area contributed by atoms with Gasteiger partial charge < -0.3 is 14.9 Å². The van der Waals surface area contributed by atoms with E-state index in [4.69, 9.17) is 16.7 Å². The summed E-state index contributed by atoms with van der Waals surface area (Å²) < 4.78 is 24.5. The van der Waals surface area contributed by atoms with Gasteiger partial charge >= 0.3 is 6.09 Å². The average molecular weight is 423 g/mol. The molecule has 1 heterocycles. The highest BCUT2D eigenvalue weighted by Crippen LogP contribution is 2.27. The molecule has 0 aromatic heterocycles. The number of benzene rings is 2. The fourth-order valence-electron chi connectivity index (χ4n) is 2.88. The zero-order valence-electron chi connectivity index (χ0n) is 14.8. The summed E-state index contributed by atoms with van der Waals surface area (Å²) in [5.74, 6) is 0. The van der Waals surface area contributed by atoms with Gasteiger partial charge in [0, 0.05) is 37.4 Å². The van der Waals surface area contributed by atoms with Crippen molar-refractivity contribution in [3.63, 3.8) is 0 Å². The highest BCUT2D eigenvalue weighted by atomic mass is 35.5. The van der Waals surface area contributed by atoms with E-state index in [-0.39, 0.29) is 4.90 Å². The second-order valence-electron chi connectivity index (χ2n) is 6.10. The van der Waals surface area contributed by atoms with Gasteiger partial charge in [-0.25, -0.2) is 9.63 Å². The largest absolute Gasteiger partial charge is 0.465 e. The molecular weight excluding hydrogens is 404 g/mol. The van der Waals surface area contributed by atoms with Crippen molar-refractivity contribution in [2.24, 2.45) is 5.10 Å². The van der Waals surface area contributed by atoms with Crippen LogP contribution in [0.15, 0.2) is 58.5 Å². The van der Waals surface area contributed by atoms with E-state index in [0.29, 0.717) is 36.8 Å². The van der Waals surface area contributed by atoms with Crippen LogP contribution in [0.1, 0.15) is 5.56 Å². The van der Waals surface area contributed by atoms with Crippen LogP contribution in [-0.4, -0.2) is 56.9 Å². The normalized spacial score (nSPS) is 15.0. The Kier molecular flexibility index (Phi) is 6.05. The van der Waals surface area contributed by atoms with Gasteiger partial charge in [-0.15, -0.1) is 0 Å². The molecule has 28 heavy (non-hydrogen) atoms. The Labute approximate surface area is 168 Å². The Balaban J connectivity index is 1.78. The molecule has 3 rings (SSSR count). The maximum Gasteiger partial charge on any atom is 0.407 e. The molecule has 0 spiro atoms. The lowest BCUT2D eigenvalue weighted by molar-refractivity contribution is 0.142. The van der Waals surface area contributed by atoms with Crippen molar-refractivity contribution in [3.05, 3.63) is 59.1 Å². The first kappa shape index (κ1) is 20.0. The Morgan fingerprint density at radius 3 is 2.39 bits per heavy atom. The lowest BCUT2D eigenvalue weighted by atomic mass is 10.1. The zero-order chi connectivity index (χ0) is 20.1. The van der Waals surface area contributed by atoms with E-state index in [1.807, 2.05) is 11.0 Å². The number of nitrogens with one attached hydrogen (secondary N) is 1. The summed E-state index contributed by atoms with van der Waals surface area (Å²) in [6.45, 7) is 1.75. The van der Waals surface area contributed by atoms with Crippen LogP contribution in [0.25, 0.3) is 0 Å². The molecule has 0 unspecified atom stereocenters. The van der Waals surface area contributed by atoms with E-state index in [1.165, 1.54) is 23.2 Å². The molecule has 0 saturated carbocycles. The molecule has 1 fully saturated rings. The Hall–Kier alpha value is -2.78. The number of rotatable bonds is 5. The van der Waals surface area contributed by atoms with Crippen molar-refractivity contribution >= 4 is 39.6 Å². The second-order valence-corrected chi connectivity index (χ2v) is 8.16. The van der Waals surface area contributed by atoms with E-state index in [0.717, 1.165) is 5.69 Å². The van der Waals surface area contributed by atoms with Gasteiger partial charge in [-0.05, 0) is 24.3 Å². The van der Waals surface area contributed by atoms with Gasteiger partial charge in [0.05, 0.1) is 16.1 Å². The molecule has 10 heteroatoms. The van der Waals surface area contributed by atoms with Gasteiger partial charge in [0.25, 0.3) is 10.0 Å². The zero-order valence-corrected chi connectivity index (χ0v) is 16.4. The smallest absolute Gasteiger partial charge is 0.407 e. The number of hydrogen-bond donors (Lipinski definition) is 2. The monoisotopic (exact) mass is 422 g/mol. The van der Waals surface area contributed by atoms with Crippen molar-refractivity contribution in [1.82, 2.24) is 9.73 Å². The first-order chi connectivity index (χ1) is 13.4. The number of nitrogens with zero attached hydrogens (tertiary/aromatic N) is 3. The van der Waals surface area contributed by atoms with E-state index in [2.05, 4.69) is 9.93 Å². The first-order valence-electron chi connectivity index (χ1n) is 8.50. The molecule has 0 aliphatic carbocycles. The number of piperazine rings is 1. The summed E-state index contributed by atoms with van der Waals surface area (Å²) in [7, 11) is -3.77. The van der Waals surface area contributed by atoms with Gasteiger partial charge in [-0.2, -0.15) is 13.5 Å². The molecule has 2 aromatic carbocycles. The third-order valence-electron chi connectivity index (χ3n) is 4.34. The summed E-state index contributed by atoms with van der Waals surface area (Å²) in [6.07, 6.45) is 0.421. The van der Waals surface area contributed by atoms with Gasteiger partial charge in [-0.3, -0.25) is 0 Å². The van der Waals surface area contributed by atoms with Crippen LogP contribution in [0.3, 0.4) is 0 Å². The topological polar surface area (TPSA) is 102 Å². The fraction of sp³-hybridized carbons (Fsp3) is 0.222. The minimum atomic E-state index is -3.77. The molecular formula is C18H19ClN4O4S. The molecule has 1 amide bonds. The number of carboxylic acid groups (broad SMARTS) is 1. The number of hydrazone groups is 1. The third-order valence-corrected chi connectivity index (χ3v) is 5.91. The van der Waals surface area contributed by atoms with Gasteiger partial charge in [-0.1, -0.05) is 35.9 Å². The Morgan fingerprint density at radius 1 is 1.07 bits per heavy atom. The van der Waals surface area contributed by atoms with Crippen LogP contribution in [0.5, 0.6) is 0 Å². The van der Waals surface area contributed by atoms with Gasteiger partial charge in [0.1, 0.15) is 0 Å². The van der Waals surface area contributed by atoms with E-state index >= 15 is 0 Å². The number of halogens is 1. The molecule has 1 saturated heterocycles. The van der Waals surface area contributed by atoms with Gasteiger partial charge in [0.15, 0.2) is 0 Å². The lowest BCUT2D eigenvalue weighted by Crippen LogP contribution is -2.48. The van der Waals surface area contributed by atoms with Crippen LogP contribution in [0, 0.1) is 0 Å². The number of anilines is 1. The minimum Gasteiger partial charge on any atom is -0.465 e. The number of amides is 1. The van der Waals surface area contributed by atoms with Crippen LogP contribution in [0.4, 0.5) is 10.5 Å². The molecule has 0 bridgehead atoms. The van der Waals surface area contributed by atoms with Crippen molar-refractivity contribution in [1.29, 1.82) is 0 Å². The Morgan fingerprint density at radius 2 is 1.75 bits per heavy atom. The molecule has 148 valence electrons.